The van der Waals surface area contributed by atoms with Gasteiger partial charge in [0.25, 0.3) is 0 Å². The molecule has 0 aliphatic rings. The third-order valence-electron chi connectivity index (χ3n) is 4.96. The van der Waals surface area contributed by atoms with Gasteiger partial charge in [-0.3, -0.25) is 9.10 Å². The molecular weight excluding hydrogens is 426 g/mol. The first-order valence-corrected chi connectivity index (χ1v) is 11.6. The summed E-state index contributed by atoms with van der Waals surface area (Å²) in [6, 6.07) is 6.12. The maximum Gasteiger partial charge on any atom is 0.241 e. The van der Waals surface area contributed by atoms with Gasteiger partial charge in [0, 0.05) is 6.07 Å². The number of methoxy groups -OCH3 is 1. The van der Waals surface area contributed by atoms with Crippen molar-refractivity contribution in [3.8, 4) is 5.75 Å². The first-order chi connectivity index (χ1) is 14.3. The standard InChI is InChI=1S/C22H28F2N2O4S/c1-13(2)17-11-18(14(3)9-21(17)30-5)15(4)25-22(27)12-26(31(6,28)29)16-7-8-19(23)20(24)10-16/h7-11,13,15H,12H2,1-6H3,(H,25,27)/t15-/m1/s1. The third kappa shape index (κ3) is 5.94. The topological polar surface area (TPSA) is 75.7 Å². The summed E-state index contributed by atoms with van der Waals surface area (Å²) in [5.41, 5.74) is 2.64. The monoisotopic (exact) mass is 454 g/mol. The number of nitrogens with one attached hydrogen (secondary N) is 1. The van der Waals surface area contributed by atoms with E-state index in [9.17, 15) is 22.0 Å². The highest BCUT2D eigenvalue weighted by Gasteiger charge is 2.24. The Labute approximate surface area is 182 Å². The van der Waals surface area contributed by atoms with Crippen molar-refractivity contribution in [1.29, 1.82) is 0 Å². The minimum absolute atomic E-state index is 0.132. The second kappa shape index (κ2) is 9.64. The SMILES string of the molecule is COc1cc(C)c([C@@H](C)NC(=O)CN(c2ccc(F)c(F)c2)S(C)(=O)=O)cc1C(C)C. The van der Waals surface area contributed by atoms with Gasteiger partial charge in [-0.15, -0.1) is 0 Å². The Bertz CT molecular complexity index is 1070. The lowest BCUT2D eigenvalue weighted by Gasteiger charge is -2.24. The predicted molar refractivity (Wildman–Crippen MR) is 117 cm³/mol. The van der Waals surface area contributed by atoms with Crippen LogP contribution in [0, 0.1) is 18.6 Å². The number of amides is 1. The fraction of sp³-hybridized carbons (Fsp3) is 0.409. The van der Waals surface area contributed by atoms with E-state index in [-0.39, 0.29) is 11.6 Å². The van der Waals surface area contributed by atoms with Crippen molar-refractivity contribution in [2.45, 2.75) is 39.7 Å². The van der Waals surface area contributed by atoms with Crippen LogP contribution in [0.15, 0.2) is 30.3 Å². The van der Waals surface area contributed by atoms with Crippen LogP contribution in [0.3, 0.4) is 0 Å². The third-order valence-corrected chi connectivity index (χ3v) is 6.10. The number of aryl methyl sites for hydroxylation is 1. The predicted octanol–water partition coefficient (Wildman–Crippen LogP) is 4.05. The van der Waals surface area contributed by atoms with Crippen molar-refractivity contribution in [2.24, 2.45) is 0 Å². The summed E-state index contributed by atoms with van der Waals surface area (Å²) in [7, 11) is -2.31. The zero-order valence-electron chi connectivity index (χ0n) is 18.5. The van der Waals surface area contributed by atoms with Gasteiger partial charge in [0.1, 0.15) is 12.3 Å². The number of hydrogen-bond donors (Lipinski definition) is 1. The molecule has 0 aromatic heterocycles. The Morgan fingerprint density at radius 1 is 1.10 bits per heavy atom. The molecule has 2 aromatic rings. The molecule has 0 aliphatic carbocycles. The van der Waals surface area contributed by atoms with Gasteiger partial charge < -0.3 is 10.1 Å². The van der Waals surface area contributed by atoms with E-state index in [0.717, 1.165) is 51.2 Å². The maximum absolute atomic E-state index is 13.6. The highest BCUT2D eigenvalue weighted by Crippen LogP contribution is 2.32. The van der Waals surface area contributed by atoms with E-state index in [0.29, 0.717) is 0 Å². The van der Waals surface area contributed by atoms with Crippen LogP contribution in [0.5, 0.6) is 5.75 Å². The Kier molecular flexibility index (Phi) is 7.64. The number of nitrogens with zero attached hydrogens (tertiary/aromatic N) is 1. The van der Waals surface area contributed by atoms with E-state index >= 15 is 0 Å². The summed E-state index contributed by atoms with van der Waals surface area (Å²) >= 11 is 0. The minimum atomic E-state index is -3.91. The number of sulfonamides is 1. The van der Waals surface area contributed by atoms with Gasteiger partial charge in [0.05, 0.1) is 25.1 Å². The zero-order valence-corrected chi connectivity index (χ0v) is 19.3. The van der Waals surface area contributed by atoms with Crippen molar-refractivity contribution < 1.29 is 26.7 Å². The molecule has 6 nitrogen and oxygen atoms in total. The smallest absolute Gasteiger partial charge is 0.241 e. The van der Waals surface area contributed by atoms with Crippen LogP contribution in [-0.4, -0.2) is 34.2 Å². The lowest BCUT2D eigenvalue weighted by molar-refractivity contribution is -0.120. The fourth-order valence-corrected chi connectivity index (χ4v) is 4.19. The second-order valence-electron chi connectivity index (χ2n) is 7.76. The average Bonchev–Trinajstić information content (AvgIpc) is 2.66. The molecule has 0 bridgehead atoms. The Balaban J connectivity index is 2.27. The maximum atomic E-state index is 13.6. The van der Waals surface area contributed by atoms with Crippen LogP contribution in [-0.2, 0) is 14.8 Å². The average molecular weight is 455 g/mol. The van der Waals surface area contributed by atoms with Crippen LogP contribution in [0.25, 0.3) is 0 Å². The molecule has 0 fully saturated rings. The number of halogens is 2. The zero-order chi connectivity index (χ0) is 23.5. The second-order valence-corrected chi connectivity index (χ2v) is 9.67. The largest absolute Gasteiger partial charge is 0.496 e. The van der Waals surface area contributed by atoms with Gasteiger partial charge in [0.2, 0.25) is 15.9 Å². The molecule has 9 heteroatoms. The molecule has 2 rings (SSSR count). The summed E-state index contributed by atoms with van der Waals surface area (Å²) in [6.07, 6.45) is 0.896. The van der Waals surface area contributed by atoms with Gasteiger partial charge in [-0.05, 0) is 60.7 Å². The van der Waals surface area contributed by atoms with E-state index < -0.39 is 40.2 Å². The molecule has 1 atom stereocenters. The van der Waals surface area contributed by atoms with Crippen LogP contribution < -0.4 is 14.4 Å². The van der Waals surface area contributed by atoms with Gasteiger partial charge in [-0.2, -0.15) is 0 Å². The molecule has 0 unspecified atom stereocenters. The number of hydrogen-bond acceptors (Lipinski definition) is 4. The summed E-state index contributed by atoms with van der Waals surface area (Å²) in [4.78, 5) is 12.7. The van der Waals surface area contributed by atoms with E-state index in [2.05, 4.69) is 5.32 Å². The minimum Gasteiger partial charge on any atom is -0.496 e. The van der Waals surface area contributed by atoms with Gasteiger partial charge in [-0.25, -0.2) is 17.2 Å². The Morgan fingerprint density at radius 2 is 1.74 bits per heavy atom. The summed E-state index contributed by atoms with van der Waals surface area (Å²) in [5.74, 6) is -1.92. The molecule has 0 aliphatic heterocycles. The van der Waals surface area contributed by atoms with Crippen molar-refractivity contribution in [3.63, 3.8) is 0 Å². The first-order valence-electron chi connectivity index (χ1n) is 9.75. The lowest BCUT2D eigenvalue weighted by Crippen LogP contribution is -2.41. The summed E-state index contributed by atoms with van der Waals surface area (Å²) < 4.78 is 57.4. The van der Waals surface area contributed by atoms with E-state index in [1.54, 1.807) is 14.0 Å². The highest BCUT2D eigenvalue weighted by atomic mass is 32.2. The van der Waals surface area contributed by atoms with Crippen LogP contribution in [0.2, 0.25) is 0 Å². The molecule has 170 valence electrons. The number of anilines is 1. The van der Waals surface area contributed by atoms with Gasteiger partial charge in [-0.1, -0.05) is 13.8 Å². The molecular formula is C22H28F2N2O4S. The molecule has 0 spiro atoms. The molecule has 31 heavy (non-hydrogen) atoms. The van der Waals surface area contributed by atoms with Crippen LogP contribution in [0.4, 0.5) is 14.5 Å². The van der Waals surface area contributed by atoms with Gasteiger partial charge >= 0.3 is 0 Å². The first kappa shape index (κ1) is 24.6. The molecule has 0 saturated heterocycles. The van der Waals surface area contributed by atoms with Gasteiger partial charge in [0.15, 0.2) is 11.6 Å². The molecule has 0 heterocycles. The fourth-order valence-electron chi connectivity index (χ4n) is 3.35. The van der Waals surface area contributed by atoms with Crippen LogP contribution >= 0.6 is 0 Å². The quantitative estimate of drug-likeness (QED) is 0.653. The Hall–Kier alpha value is -2.68. The number of ether oxygens (including phenoxy) is 1. The van der Waals surface area contributed by atoms with E-state index in [1.165, 1.54) is 0 Å². The van der Waals surface area contributed by atoms with Crippen molar-refractivity contribution in [1.82, 2.24) is 5.32 Å². The lowest BCUT2D eigenvalue weighted by atomic mass is 9.93. The highest BCUT2D eigenvalue weighted by molar-refractivity contribution is 7.92. The molecule has 0 saturated carbocycles. The van der Waals surface area contributed by atoms with Crippen molar-refractivity contribution in [3.05, 3.63) is 58.7 Å². The number of rotatable bonds is 8. The summed E-state index contributed by atoms with van der Waals surface area (Å²) in [5, 5.41) is 2.79. The summed E-state index contributed by atoms with van der Waals surface area (Å²) in [6.45, 7) is 7.19. The van der Waals surface area contributed by atoms with Crippen LogP contribution in [0.1, 0.15) is 49.4 Å². The van der Waals surface area contributed by atoms with Crippen molar-refractivity contribution >= 4 is 21.6 Å². The number of benzene rings is 2. The van der Waals surface area contributed by atoms with E-state index in [4.69, 9.17) is 4.74 Å². The number of carbonyl (C=O) groups is 1. The normalized spacial score (nSPS) is 12.5. The number of carbonyl (C=O) groups excluding carboxylic acids is 1. The molecule has 1 amide bonds. The molecule has 2 aromatic carbocycles. The van der Waals surface area contributed by atoms with Crippen molar-refractivity contribution in [2.75, 3.05) is 24.2 Å². The van der Waals surface area contributed by atoms with E-state index in [1.807, 2.05) is 32.9 Å². The Morgan fingerprint density at radius 3 is 2.26 bits per heavy atom. The molecule has 1 N–H and O–H groups in total. The molecule has 0 radical (unpaired) electrons.